The number of aromatic nitrogens is 1. The lowest BCUT2D eigenvalue weighted by atomic mass is 9.99. The molecule has 2 aromatic carbocycles. The molecule has 0 N–H and O–H groups in total. The van der Waals surface area contributed by atoms with Crippen LogP contribution in [0, 0.1) is 0 Å². The van der Waals surface area contributed by atoms with Gasteiger partial charge in [0.25, 0.3) is 0 Å². The number of hydrogen-bond acceptors (Lipinski definition) is 4. The van der Waals surface area contributed by atoms with Crippen LogP contribution in [-0.2, 0) is 6.18 Å². The van der Waals surface area contributed by atoms with Crippen LogP contribution in [0.1, 0.15) is 23.1 Å². The van der Waals surface area contributed by atoms with Gasteiger partial charge in [0.15, 0.2) is 5.82 Å². The molecule has 0 radical (unpaired) electrons. The molecule has 3 aromatic rings. The van der Waals surface area contributed by atoms with Gasteiger partial charge in [-0.3, -0.25) is 0 Å². The van der Waals surface area contributed by atoms with E-state index in [1.807, 2.05) is 50.5 Å². The Morgan fingerprint density at radius 1 is 0.935 bits per heavy atom. The van der Waals surface area contributed by atoms with Gasteiger partial charge in [0, 0.05) is 23.9 Å². The summed E-state index contributed by atoms with van der Waals surface area (Å²) in [4.78, 5) is 13.7. The second-order valence-electron chi connectivity index (χ2n) is 7.71. The number of aliphatic imine (C=N–C) groups is 1. The van der Waals surface area contributed by atoms with Crippen LogP contribution in [0.4, 0.5) is 30.4 Å². The molecular formula is C24H23F3N4. The molecule has 4 nitrogen and oxygen atoms in total. The normalized spacial score (nSPS) is 13.5. The minimum atomic E-state index is -4.37. The van der Waals surface area contributed by atoms with Crippen LogP contribution in [0.25, 0.3) is 0 Å². The predicted molar refractivity (Wildman–Crippen MR) is 118 cm³/mol. The van der Waals surface area contributed by atoms with Crippen molar-refractivity contribution in [3.63, 3.8) is 0 Å². The Kier molecular flexibility index (Phi) is 5.78. The molecule has 2 heterocycles. The molecule has 0 amide bonds. The lowest BCUT2D eigenvalue weighted by Crippen LogP contribution is -2.24. The van der Waals surface area contributed by atoms with E-state index in [9.17, 15) is 13.2 Å². The minimum Gasteiger partial charge on any atom is -0.324 e. The molecule has 160 valence electrons. The third-order valence-corrected chi connectivity index (χ3v) is 5.18. The summed E-state index contributed by atoms with van der Waals surface area (Å²) in [5.74, 6) is 0.746. The van der Waals surface area contributed by atoms with Crippen molar-refractivity contribution in [1.29, 1.82) is 0 Å². The largest absolute Gasteiger partial charge is 0.416 e. The van der Waals surface area contributed by atoms with E-state index in [-0.39, 0.29) is 0 Å². The summed E-state index contributed by atoms with van der Waals surface area (Å²) in [6.45, 7) is 1.67. The van der Waals surface area contributed by atoms with Crippen molar-refractivity contribution in [2.24, 2.45) is 4.99 Å². The minimum absolute atomic E-state index is 0.630. The van der Waals surface area contributed by atoms with Crippen LogP contribution in [-0.4, -0.2) is 42.8 Å². The lowest BCUT2D eigenvalue weighted by Gasteiger charge is -2.26. The zero-order valence-electron chi connectivity index (χ0n) is 17.4. The van der Waals surface area contributed by atoms with Gasteiger partial charge in [-0.25, -0.2) is 9.98 Å². The quantitative estimate of drug-likeness (QED) is 0.529. The standard InChI is InChI=1S/C24H23F3N4/c1-30(2)15-6-16-31-21-9-4-3-7-19(21)22(29-20-8-5-14-28-23(20)31)17-10-12-18(13-11-17)24(25,26)27/h3-5,7-14H,6,15-16H2,1-2H3. The molecule has 0 bridgehead atoms. The molecule has 31 heavy (non-hydrogen) atoms. The Morgan fingerprint density at radius 2 is 1.68 bits per heavy atom. The molecule has 0 spiro atoms. The molecular weight excluding hydrogens is 401 g/mol. The number of fused-ring (bicyclic) bond motifs is 2. The summed E-state index contributed by atoms with van der Waals surface area (Å²) in [6.07, 6.45) is -1.71. The monoisotopic (exact) mass is 424 g/mol. The predicted octanol–water partition coefficient (Wildman–Crippen LogP) is 5.67. The molecule has 7 heteroatoms. The Balaban J connectivity index is 1.82. The van der Waals surface area contributed by atoms with E-state index in [0.29, 0.717) is 17.0 Å². The highest BCUT2D eigenvalue weighted by molar-refractivity contribution is 6.18. The molecule has 1 aliphatic heterocycles. The molecule has 1 aromatic heterocycles. The number of pyridine rings is 1. The van der Waals surface area contributed by atoms with Crippen LogP contribution in [0.3, 0.4) is 0 Å². The van der Waals surface area contributed by atoms with Gasteiger partial charge < -0.3 is 9.80 Å². The number of nitrogens with zero attached hydrogens (tertiary/aromatic N) is 4. The zero-order valence-corrected chi connectivity index (χ0v) is 17.4. The molecule has 0 saturated heterocycles. The first-order valence-corrected chi connectivity index (χ1v) is 10.1. The van der Waals surface area contributed by atoms with Crippen LogP contribution in [0.5, 0.6) is 0 Å². The van der Waals surface area contributed by atoms with Crippen molar-refractivity contribution in [3.8, 4) is 0 Å². The lowest BCUT2D eigenvalue weighted by molar-refractivity contribution is -0.137. The van der Waals surface area contributed by atoms with Gasteiger partial charge in [-0.2, -0.15) is 13.2 Å². The molecule has 0 aliphatic carbocycles. The number of halogens is 3. The molecule has 1 aliphatic rings. The van der Waals surface area contributed by atoms with E-state index in [4.69, 9.17) is 4.99 Å². The highest BCUT2D eigenvalue weighted by Gasteiger charge is 2.30. The fourth-order valence-corrected chi connectivity index (χ4v) is 3.70. The van der Waals surface area contributed by atoms with Crippen molar-refractivity contribution in [1.82, 2.24) is 9.88 Å². The Labute approximate surface area is 179 Å². The van der Waals surface area contributed by atoms with Gasteiger partial charge in [-0.15, -0.1) is 0 Å². The fourth-order valence-electron chi connectivity index (χ4n) is 3.70. The van der Waals surface area contributed by atoms with Crippen molar-refractivity contribution in [3.05, 3.63) is 83.6 Å². The second kappa shape index (κ2) is 8.51. The van der Waals surface area contributed by atoms with E-state index < -0.39 is 11.7 Å². The third-order valence-electron chi connectivity index (χ3n) is 5.18. The maximum atomic E-state index is 13.0. The summed E-state index contributed by atoms with van der Waals surface area (Å²) in [6, 6.07) is 16.7. The van der Waals surface area contributed by atoms with Crippen LogP contribution in [0.2, 0.25) is 0 Å². The van der Waals surface area contributed by atoms with Gasteiger partial charge >= 0.3 is 6.18 Å². The molecule has 0 atom stereocenters. The first kappa shape index (κ1) is 21.1. The number of hydrogen-bond donors (Lipinski definition) is 0. The smallest absolute Gasteiger partial charge is 0.324 e. The Morgan fingerprint density at radius 3 is 2.39 bits per heavy atom. The summed E-state index contributed by atoms with van der Waals surface area (Å²) in [5.41, 5.74) is 3.09. The fraction of sp³-hybridized carbons (Fsp3) is 0.250. The second-order valence-corrected chi connectivity index (χ2v) is 7.71. The van der Waals surface area contributed by atoms with E-state index in [1.54, 1.807) is 6.20 Å². The average molecular weight is 424 g/mol. The van der Waals surface area contributed by atoms with Crippen molar-refractivity contribution < 1.29 is 13.2 Å². The van der Waals surface area contributed by atoms with Gasteiger partial charge in [-0.1, -0.05) is 30.3 Å². The Hall–Kier alpha value is -3.19. The number of rotatable bonds is 5. The van der Waals surface area contributed by atoms with Crippen LogP contribution in [0.15, 0.2) is 71.9 Å². The van der Waals surface area contributed by atoms with E-state index >= 15 is 0 Å². The number of anilines is 2. The van der Waals surface area contributed by atoms with Crippen molar-refractivity contribution >= 4 is 22.9 Å². The molecule has 0 unspecified atom stereocenters. The molecule has 4 rings (SSSR count). The zero-order chi connectivity index (χ0) is 22.0. The highest BCUT2D eigenvalue weighted by atomic mass is 19.4. The summed E-state index contributed by atoms with van der Waals surface area (Å²) in [5, 5.41) is 0. The van der Waals surface area contributed by atoms with E-state index in [0.717, 1.165) is 48.7 Å². The third kappa shape index (κ3) is 4.46. The van der Waals surface area contributed by atoms with Gasteiger partial charge in [0.1, 0.15) is 5.69 Å². The maximum Gasteiger partial charge on any atom is 0.416 e. The number of para-hydroxylation sites is 1. The summed E-state index contributed by atoms with van der Waals surface area (Å²) >= 11 is 0. The van der Waals surface area contributed by atoms with Crippen molar-refractivity contribution in [2.75, 3.05) is 32.1 Å². The molecule has 0 saturated carbocycles. The number of alkyl halides is 3. The van der Waals surface area contributed by atoms with Gasteiger partial charge in [0.2, 0.25) is 0 Å². The average Bonchev–Trinajstić information content (AvgIpc) is 2.88. The Bertz CT molecular complexity index is 1090. The SMILES string of the molecule is CN(C)CCCN1c2ccccc2C(c2ccc(C(F)(F)F)cc2)=Nc2cccnc21. The highest BCUT2D eigenvalue weighted by Crippen LogP contribution is 2.39. The topological polar surface area (TPSA) is 31.7 Å². The van der Waals surface area contributed by atoms with Gasteiger partial charge in [0.05, 0.1) is 17.0 Å². The molecule has 0 fully saturated rings. The van der Waals surface area contributed by atoms with E-state index in [1.165, 1.54) is 12.1 Å². The van der Waals surface area contributed by atoms with E-state index in [2.05, 4.69) is 14.8 Å². The van der Waals surface area contributed by atoms with Gasteiger partial charge in [-0.05, 0) is 57.4 Å². The van der Waals surface area contributed by atoms with Crippen LogP contribution >= 0.6 is 0 Å². The van der Waals surface area contributed by atoms with Crippen molar-refractivity contribution in [2.45, 2.75) is 12.6 Å². The summed E-state index contributed by atoms with van der Waals surface area (Å²) < 4.78 is 39.1. The van der Waals surface area contributed by atoms with Crippen LogP contribution < -0.4 is 4.90 Å². The summed E-state index contributed by atoms with van der Waals surface area (Å²) in [7, 11) is 4.07. The number of benzene rings is 2. The first-order chi connectivity index (χ1) is 14.8. The first-order valence-electron chi connectivity index (χ1n) is 10.1. The maximum absolute atomic E-state index is 13.0.